The largest absolute Gasteiger partial charge is 0.357 e. The van der Waals surface area contributed by atoms with Gasteiger partial charge in [0.25, 0.3) is 0 Å². The Balaban J connectivity index is 1.75. The van der Waals surface area contributed by atoms with E-state index >= 15 is 0 Å². The molecule has 0 radical (unpaired) electrons. The summed E-state index contributed by atoms with van der Waals surface area (Å²) in [4.78, 5) is 9.86. The molecule has 0 amide bonds. The molecule has 2 rings (SSSR count). The highest BCUT2D eigenvalue weighted by molar-refractivity contribution is 7.99. The molecule has 24 heavy (non-hydrogen) atoms. The summed E-state index contributed by atoms with van der Waals surface area (Å²) in [7, 11) is 2.21. The van der Waals surface area contributed by atoms with Crippen LogP contribution in [0.3, 0.4) is 0 Å². The highest BCUT2D eigenvalue weighted by Gasteiger charge is 2.24. The molecular formula is C18H37N5S. The van der Waals surface area contributed by atoms with Gasteiger partial charge in [-0.05, 0) is 45.4 Å². The van der Waals surface area contributed by atoms with Gasteiger partial charge in [0.1, 0.15) is 0 Å². The fraction of sp³-hybridized carbons (Fsp3) is 0.944. The van der Waals surface area contributed by atoms with Gasteiger partial charge in [-0.2, -0.15) is 11.8 Å². The van der Waals surface area contributed by atoms with Crippen molar-refractivity contribution in [1.82, 2.24) is 20.4 Å². The molecule has 5 nitrogen and oxygen atoms in total. The van der Waals surface area contributed by atoms with Gasteiger partial charge in [-0.25, -0.2) is 0 Å². The zero-order valence-electron chi connectivity index (χ0n) is 16.1. The number of piperazine rings is 1. The maximum atomic E-state index is 4.86. The Morgan fingerprint density at radius 2 is 2.00 bits per heavy atom. The normalized spacial score (nSPS) is 28.1. The van der Waals surface area contributed by atoms with Crippen LogP contribution in [0.15, 0.2) is 4.99 Å². The van der Waals surface area contributed by atoms with Gasteiger partial charge in [0.05, 0.1) is 0 Å². The van der Waals surface area contributed by atoms with Crippen molar-refractivity contribution in [3.8, 4) is 0 Å². The van der Waals surface area contributed by atoms with Gasteiger partial charge >= 0.3 is 0 Å². The van der Waals surface area contributed by atoms with Crippen LogP contribution in [0.2, 0.25) is 0 Å². The first-order valence-electron chi connectivity index (χ1n) is 9.59. The van der Waals surface area contributed by atoms with Gasteiger partial charge in [-0.15, -0.1) is 0 Å². The number of thioether (sulfide) groups is 1. The number of aliphatic imine (C=N–C) groups is 1. The Hall–Kier alpha value is -0.460. The molecule has 0 aromatic carbocycles. The van der Waals surface area contributed by atoms with Crippen LogP contribution in [-0.4, -0.2) is 86.2 Å². The molecule has 0 aromatic rings. The minimum Gasteiger partial charge on any atom is -0.357 e. The number of hydrogen-bond donors (Lipinski definition) is 2. The van der Waals surface area contributed by atoms with Crippen LogP contribution in [-0.2, 0) is 0 Å². The molecule has 1 aliphatic heterocycles. The van der Waals surface area contributed by atoms with E-state index in [1.54, 1.807) is 0 Å². The zero-order valence-corrected chi connectivity index (χ0v) is 16.9. The van der Waals surface area contributed by atoms with Gasteiger partial charge in [-0.3, -0.25) is 4.99 Å². The van der Waals surface area contributed by atoms with Crippen molar-refractivity contribution in [3.05, 3.63) is 0 Å². The van der Waals surface area contributed by atoms with E-state index in [1.165, 1.54) is 45.4 Å². The minimum absolute atomic E-state index is 0.591. The van der Waals surface area contributed by atoms with E-state index in [9.17, 15) is 0 Å². The summed E-state index contributed by atoms with van der Waals surface area (Å²) in [6, 6.07) is 0.591. The van der Waals surface area contributed by atoms with Gasteiger partial charge in [-0.1, -0.05) is 6.92 Å². The molecule has 2 N–H and O–H groups in total. The fourth-order valence-electron chi connectivity index (χ4n) is 3.57. The van der Waals surface area contributed by atoms with E-state index < -0.39 is 0 Å². The molecule has 140 valence electrons. The topological polar surface area (TPSA) is 42.9 Å². The van der Waals surface area contributed by atoms with Gasteiger partial charge in [0.2, 0.25) is 0 Å². The summed E-state index contributed by atoms with van der Waals surface area (Å²) in [6.45, 7) is 12.2. The van der Waals surface area contributed by atoms with Crippen molar-refractivity contribution in [2.75, 3.05) is 59.1 Å². The smallest absolute Gasteiger partial charge is 0.191 e. The van der Waals surface area contributed by atoms with Gasteiger partial charge in [0, 0.05) is 57.1 Å². The van der Waals surface area contributed by atoms with E-state index in [1.807, 2.05) is 11.8 Å². The van der Waals surface area contributed by atoms with Crippen molar-refractivity contribution in [3.63, 3.8) is 0 Å². The third-order valence-corrected chi connectivity index (χ3v) is 6.22. The van der Waals surface area contributed by atoms with Crippen LogP contribution in [0.1, 0.15) is 33.1 Å². The van der Waals surface area contributed by atoms with E-state index in [2.05, 4.69) is 47.6 Å². The third kappa shape index (κ3) is 6.81. The molecule has 3 unspecified atom stereocenters. The van der Waals surface area contributed by atoms with E-state index in [0.29, 0.717) is 12.0 Å². The number of guanidine groups is 1. The van der Waals surface area contributed by atoms with Crippen molar-refractivity contribution >= 4 is 17.7 Å². The lowest BCUT2D eigenvalue weighted by Gasteiger charge is -2.33. The predicted molar refractivity (Wildman–Crippen MR) is 107 cm³/mol. The molecule has 0 aromatic heterocycles. The third-order valence-electron chi connectivity index (χ3n) is 5.13. The minimum atomic E-state index is 0.591. The molecule has 0 bridgehead atoms. The summed E-state index contributed by atoms with van der Waals surface area (Å²) in [5.41, 5.74) is 0. The zero-order chi connectivity index (χ0) is 17.4. The molecule has 1 saturated heterocycles. The first-order chi connectivity index (χ1) is 11.6. The molecule has 2 fully saturated rings. The lowest BCUT2D eigenvalue weighted by molar-refractivity contribution is 0.140. The number of hydrogen-bond acceptors (Lipinski definition) is 4. The van der Waals surface area contributed by atoms with E-state index in [4.69, 9.17) is 4.99 Å². The van der Waals surface area contributed by atoms with Crippen LogP contribution < -0.4 is 10.6 Å². The lowest BCUT2D eigenvalue weighted by Crippen LogP contribution is -2.46. The monoisotopic (exact) mass is 355 g/mol. The second-order valence-corrected chi connectivity index (χ2v) is 8.58. The van der Waals surface area contributed by atoms with E-state index in [-0.39, 0.29) is 0 Å². The summed E-state index contributed by atoms with van der Waals surface area (Å²) >= 11 is 2.01. The Labute approximate surface area is 153 Å². The SMILES string of the molecule is CCNC(=NCC(C)CN1CCN(C)CC1)NC1CCC(SC)C1. The maximum Gasteiger partial charge on any atom is 0.191 e. The van der Waals surface area contributed by atoms with Crippen LogP contribution in [0, 0.1) is 5.92 Å². The number of nitrogens with one attached hydrogen (secondary N) is 2. The molecule has 1 aliphatic carbocycles. The first-order valence-corrected chi connectivity index (χ1v) is 10.9. The summed E-state index contributed by atoms with van der Waals surface area (Å²) in [6.07, 6.45) is 6.10. The van der Waals surface area contributed by atoms with Crippen molar-refractivity contribution < 1.29 is 0 Å². The average molecular weight is 356 g/mol. The number of rotatable bonds is 7. The van der Waals surface area contributed by atoms with Gasteiger partial charge < -0.3 is 20.4 Å². The Morgan fingerprint density at radius 1 is 1.25 bits per heavy atom. The molecule has 1 saturated carbocycles. The predicted octanol–water partition coefficient (Wildman–Crippen LogP) is 1.71. The van der Waals surface area contributed by atoms with Crippen molar-refractivity contribution in [1.29, 1.82) is 0 Å². The second-order valence-electron chi connectivity index (χ2n) is 7.44. The number of likely N-dealkylation sites (N-methyl/N-ethyl adjacent to an activating group) is 1. The summed E-state index contributed by atoms with van der Waals surface area (Å²) in [5.74, 6) is 1.61. The Bertz CT molecular complexity index is 382. The molecular weight excluding hydrogens is 318 g/mol. The Kier molecular flexibility index (Phi) is 8.70. The molecule has 6 heteroatoms. The molecule has 1 heterocycles. The lowest BCUT2D eigenvalue weighted by atomic mass is 10.1. The molecule has 3 atom stereocenters. The average Bonchev–Trinajstić information content (AvgIpc) is 3.03. The fourth-order valence-corrected chi connectivity index (χ4v) is 4.37. The van der Waals surface area contributed by atoms with Crippen LogP contribution >= 0.6 is 11.8 Å². The van der Waals surface area contributed by atoms with Gasteiger partial charge in [0.15, 0.2) is 5.96 Å². The quantitative estimate of drug-likeness (QED) is 0.538. The summed E-state index contributed by atoms with van der Waals surface area (Å²) in [5, 5.41) is 7.89. The molecule has 2 aliphatic rings. The number of nitrogens with zero attached hydrogens (tertiary/aromatic N) is 3. The van der Waals surface area contributed by atoms with Crippen LogP contribution in [0.25, 0.3) is 0 Å². The standard InChI is InChI=1S/C18H37N5S/c1-5-19-18(21-16-6-7-17(12-16)24-4)20-13-15(2)14-23-10-8-22(3)9-11-23/h15-17H,5-14H2,1-4H3,(H2,19,20,21). The summed E-state index contributed by atoms with van der Waals surface area (Å²) < 4.78 is 0. The second kappa shape index (κ2) is 10.5. The van der Waals surface area contributed by atoms with Crippen molar-refractivity contribution in [2.24, 2.45) is 10.9 Å². The Morgan fingerprint density at radius 3 is 2.62 bits per heavy atom. The first kappa shape index (κ1) is 19.9. The van der Waals surface area contributed by atoms with Crippen LogP contribution in [0.4, 0.5) is 0 Å². The molecule has 0 spiro atoms. The van der Waals surface area contributed by atoms with Crippen LogP contribution in [0.5, 0.6) is 0 Å². The highest BCUT2D eigenvalue weighted by Crippen LogP contribution is 2.28. The van der Waals surface area contributed by atoms with E-state index in [0.717, 1.165) is 30.8 Å². The maximum absolute atomic E-state index is 4.86. The highest BCUT2D eigenvalue weighted by atomic mass is 32.2. The van der Waals surface area contributed by atoms with Crippen molar-refractivity contribution in [2.45, 2.75) is 44.4 Å².